The minimum absolute atomic E-state index is 0.00449. The third-order valence-corrected chi connectivity index (χ3v) is 6.13. The Labute approximate surface area is 166 Å². The number of nitrogens with zero attached hydrogens (tertiary/aromatic N) is 4. The van der Waals surface area contributed by atoms with Crippen molar-refractivity contribution in [2.24, 2.45) is 7.05 Å². The fraction of sp³-hybridized carbons (Fsp3) is 0.650. The largest absolute Gasteiger partial charge is 0.389 e. The van der Waals surface area contributed by atoms with Crippen LogP contribution >= 0.6 is 0 Å². The van der Waals surface area contributed by atoms with Gasteiger partial charge in [-0.25, -0.2) is 0 Å². The molecule has 1 aliphatic carbocycles. The Bertz CT molecular complexity index is 772. The van der Waals surface area contributed by atoms with E-state index in [-0.39, 0.29) is 23.9 Å². The molecule has 2 heterocycles. The van der Waals surface area contributed by atoms with Gasteiger partial charge in [-0.3, -0.25) is 19.2 Å². The maximum atomic E-state index is 12.7. The van der Waals surface area contributed by atoms with Crippen molar-refractivity contribution in [3.8, 4) is 0 Å². The van der Waals surface area contributed by atoms with E-state index in [2.05, 4.69) is 10.4 Å². The molecule has 2 aliphatic rings. The Morgan fingerprint density at radius 2 is 2.11 bits per heavy atom. The molecule has 1 saturated carbocycles. The number of rotatable bonds is 4. The average Bonchev–Trinajstić information content (AvgIpc) is 2.91. The summed E-state index contributed by atoms with van der Waals surface area (Å²) in [6.07, 6.45) is 5.23. The van der Waals surface area contributed by atoms with Gasteiger partial charge in [-0.1, -0.05) is 0 Å². The Morgan fingerprint density at radius 3 is 2.75 bits per heavy atom. The molecule has 2 fully saturated rings. The first kappa shape index (κ1) is 20.5. The number of aliphatic hydroxyl groups excluding tert-OH is 1. The van der Waals surface area contributed by atoms with Gasteiger partial charge < -0.3 is 15.3 Å². The van der Waals surface area contributed by atoms with Gasteiger partial charge in [0.2, 0.25) is 11.8 Å². The second-order valence-electron chi connectivity index (χ2n) is 7.87. The molecule has 28 heavy (non-hydrogen) atoms. The summed E-state index contributed by atoms with van der Waals surface area (Å²) < 4.78 is 1.80. The van der Waals surface area contributed by atoms with Crippen LogP contribution in [-0.2, 0) is 16.6 Å². The molecule has 154 valence electrons. The van der Waals surface area contributed by atoms with Crippen molar-refractivity contribution in [3.63, 3.8) is 0 Å². The van der Waals surface area contributed by atoms with Crippen molar-refractivity contribution in [1.82, 2.24) is 24.9 Å². The van der Waals surface area contributed by atoms with Gasteiger partial charge in [0.25, 0.3) is 0 Å². The minimum Gasteiger partial charge on any atom is -0.389 e. The fourth-order valence-electron chi connectivity index (χ4n) is 4.36. The number of hydrogen-bond donors (Lipinski definition) is 2. The predicted octanol–water partition coefficient (Wildman–Crippen LogP) is 0.222. The van der Waals surface area contributed by atoms with Crippen LogP contribution in [0.2, 0.25) is 0 Å². The standard InChI is InChI=1S/C20H31N5O3/c1-13-15(14(2)24(4)22-13)8-9-19(27)23(3)16-6-5-7-17(20(16)28)25-11-10-21-18(26)12-25/h8-9,16-17,20,28H,5-7,10-12H2,1-4H3,(H,21,26)/t16-,17-,20-/m1/s1. The van der Waals surface area contributed by atoms with Crippen LogP contribution in [0, 0.1) is 13.8 Å². The SMILES string of the molecule is Cc1nn(C)c(C)c1C=CC(=O)N(C)[C@@H]1CCC[C@@H](N2CCNC(=O)C2)[C@@H]1O. The fourth-order valence-corrected chi connectivity index (χ4v) is 4.36. The van der Waals surface area contributed by atoms with E-state index in [4.69, 9.17) is 0 Å². The summed E-state index contributed by atoms with van der Waals surface area (Å²) in [5, 5.41) is 18.1. The smallest absolute Gasteiger partial charge is 0.246 e. The monoisotopic (exact) mass is 389 g/mol. The molecular weight excluding hydrogens is 358 g/mol. The van der Waals surface area contributed by atoms with E-state index in [0.717, 1.165) is 42.8 Å². The normalized spacial score (nSPS) is 26.5. The van der Waals surface area contributed by atoms with Crippen LogP contribution in [0.1, 0.15) is 36.2 Å². The van der Waals surface area contributed by atoms with Crippen molar-refractivity contribution in [1.29, 1.82) is 0 Å². The highest BCUT2D eigenvalue weighted by Gasteiger charge is 2.39. The topological polar surface area (TPSA) is 90.7 Å². The summed E-state index contributed by atoms with van der Waals surface area (Å²) in [6.45, 7) is 5.54. The molecule has 8 heteroatoms. The number of carbonyl (C=O) groups excluding carboxylic acids is 2. The summed E-state index contributed by atoms with van der Waals surface area (Å²) in [7, 11) is 3.63. The molecule has 2 N–H and O–H groups in total. The van der Waals surface area contributed by atoms with Crippen LogP contribution in [0.5, 0.6) is 0 Å². The van der Waals surface area contributed by atoms with Crippen molar-refractivity contribution in [2.75, 3.05) is 26.7 Å². The van der Waals surface area contributed by atoms with Gasteiger partial charge >= 0.3 is 0 Å². The van der Waals surface area contributed by atoms with E-state index < -0.39 is 6.10 Å². The molecule has 0 unspecified atom stereocenters. The molecule has 1 aliphatic heterocycles. The number of aryl methyl sites for hydroxylation is 2. The lowest BCUT2D eigenvalue weighted by molar-refractivity contribution is -0.135. The molecule has 0 spiro atoms. The Kier molecular flexibility index (Phi) is 6.20. The molecular formula is C20H31N5O3. The number of aliphatic hydroxyl groups is 1. The molecule has 3 atom stereocenters. The number of hydrogen-bond acceptors (Lipinski definition) is 5. The third-order valence-electron chi connectivity index (χ3n) is 6.13. The van der Waals surface area contributed by atoms with E-state index in [1.165, 1.54) is 0 Å². The highest BCUT2D eigenvalue weighted by atomic mass is 16.3. The molecule has 3 rings (SSSR count). The van der Waals surface area contributed by atoms with E-state index in [9.17, 15) is 14.7 Å². The molecule has 0 bridgehead atoms. The van der Waals surface area contributed by atoms with Gasteiger partial charge in [0, 0.05) is 50.6 Å². The molecule has 0 aromatic carbocycles. The maximum Gasteiger partial charge on any atom is 0.246 e. The van der Waals surface area contributed by atoms with Crippen LogP contribution < -0.4 is 5.32 Å². The van der Waals surface area contributed by atoms with Gasteiger partial charge in [0.15, 0.2) is 0 Å². The zero-order valence-corrected chi connectivity index (χ0v) is 17.2. The number of likely N-dealkylation sites (N-methyl/N-ethyl adjacent to an activating group) is 1. The summed E-state index contributed by atoms with van der Waals surface area (Å²) in [5.41, 5.74) is 2.84. The third kappa shape index (κ3) is 4.12. The maximum absolute atomic E-state index is 12.7. The summed E-state index contributed by atoms with van der Waals surface area (Å²) in [4.78, 5) is 28.1. The highest BCUT2D eigenvalue weighted by molar-refractivity contribution is 5.92. The van der Waals surface area contributed by atoms with Crippen LogP contribution in [0.15, 0.2) is 6.08 Å². The van der Waals surface area contributed by atoms with Crippen molar-refractivity contribution in [2.45, 2.75) is 51.3 Å². The predicted molar refractivity (Wildman–Crippen MR) is 107 cm³/mol. The first-order valence-electron chi connectivity index (χ1n) is 9.93. The van der Waals surface area contributed by atoms with E-state index in [1.807, 2.05) is 25.8 Å². The van der Waals surface area contributed by atoms with Crippen LogP contribution in [0.25, 0.3) is 6.08 Å². The Morgan fingerprint density at radius 1 is 1.36 bits per heavy atom. The second-order valence-corrected chi connectivity index (χ2v) is 7.87. The minimum atomic E-state index is -0.663. The average molecular weight is 390 g/mol. The van der Waals surface area contributed by atoms with Gasteiger partial charge in [0.1, 0.15) is 0 Å². The molecule has 8 nitrogen and oxygen atoms in total. The van der Waals surface area contributed by atoms with Crippen molar-refractivity contribution < 1.29 is 14.7 Å². The lowest BCUT2D eigenvalue weighted by Crippen LogP contribution is -2.60. The van der Waals surface area contributed by atoms with Gasteiger partial charge in [-0.05, 0) is 39.2 Å². The summed E-state index contributed by atoms with van der Waals surface area (Å²) >= 11 is 0. The van der Waals surface area contributed by atoms with E-state index in [1.54, 1.807) is 28.8 Å². The Hall–Kier alpha value is -2.19. The lowest BCUT2D eigenvalue weighted by Gasteiger charge is -2.45. The summed E-state index contributed by atoms with van der Waals surface area (Å²) in [6, 6.07) is -0.344. The van der Waals surface area contributed by atoms with Crippen LogP contribution in [0.3, 0.4) is 0 Å². The number of nitrogens with one attached hydrogen (secondary N) is 1. The molecule has 1 aromatic heterocycles. The van der Waals surface area contributed by atoms with Gasteiger partial charge in [-0.2, -0.15) is 5.10 Å². The quantitative estimate of drug-likeness (QED) is 0.719. The number of carbonyl (C=O) groups is 2. The van der Waals surface area contributed by atoms with Gasteiger partial charge in [0.05, 0.1) is 24.4 Å². The molecule has 1 aromatic rings. The zero-order chi connectivity index (χ0) is 20.4. The van der Waals surface area contributed by atoms with Crippen molar-refractivity contribution in [3.05, 3.63) is 23.0 Å². The van der Waals surface area contributed by atoms with Crippen LogP contribution in [-0.4, -0.2) is 81.4 Å². The van der Waals surface area contributed by atoms with E-state index in [0.29, 0.717) is 13.1 Å². The zero-order valence-electron chi connectivity index (χ0n) is 17.2. The molecule has 1 saturated heterocycles. The molecule has 2 amide bonds. The van der Waals surface area contributed by atoms with Crippen molar-refractivity contribution >= 4 is 17.9 Å². The second kappa shape index (κ2) is 8.45. The highest BCUT2D eigenvalue weighted by Crippen LogP contribution is 2.27. The number of amides is 2. The van der Waals surface area contributed by atoms with E-state index >= 15 is 0 Å². The van der Waals surface area contributed by atoms with Crippen LogP contribution in [0.4, 0.5) is 0 Å². The first-order chi connectivity index (χ1) is 13.3. The Balaban J connectivity index is 1.68. The number of aromatic nitrogens is 2. The summed E-state index contributed by atoms with van der Waals surface area (Å²) in [5.74, 6) is -0.140. The first-order valence-corrected chi connectivity index (χ1v) is 9.93. The van der Waals surface area contributed by atoms with Gasteiger partial charge in [-0.15, -0.1) is 0 Å². The molecule has 0 radical (unpaired) electrons. The lowest BCUT2D eigenvalue weighted by atomic mass is 9.86. The number of piperazine rings is 1.